The van der Waals surface area contributed by atoms with E-state index in [0.717, 1.165) is 0 Å². The zero-order valence-electron chi connectivity index (χ0n) is 56.3. The molecule has 1 aliphatic rings. The topological polar surface area (TPSA) is 13.1 Å². The van der Waals surface area contributed by atoms with Gasteiger partial charge in [-0.15, -0.1) is 0 Å². The van der Waals surface area contributed by atoms with E-state index in [1.165, 1.54) is 13.8 Å². The summed E-state index contributed by atoms with van der Waals surface area (Å²) in [7, 11) is 0. The molecule has 9 aromatic carbocycles. The molecule has 0 amide bonds. The highest BCUT2D eigenvalue weighted by atomic mass is 16.3. The average molecular weight is 719 g/mol. The maximum Gasteiger partial charge on any atom is 0.143 e. The molecule has 0 fully saturated rings. The molecule has 0 bridgehead atoms. The van der Waals surface area contributed by atoms with Gasteiger partial charge in [-0.05, 0) is 107 Å². The first-order valence-corrected chi connectivity index (χ1v) is 16.8. The second-order valence-corrected chi connectivity index (χ2v) is 13.4. The second kappa shape index (κ2) is 11.8. The third-order valence-corrected chi connectivity index (χ3v) is 10.1. The minimum atomic E-state index is -1.51. The van der Waals surface area contributed by atoms with Gasteiger partial charge in [0.25, 0.3) is 0 Å². The standard InChI is InChI=1S/C53H38O/c1-53(2)46-22-10-9-20-42(46)51-43(21-12-23-47(51)53)50-40-18-7-5-16-38(40)45(39-17-6-8-19-41(39)50)32-34-27-25-33(26-28-34)31-36-14-11-24-48-49(36)44-30-29-35-13-3-4-15-37(35)52(44)54-48/h3-30H,31-32H2,1-2H3/i3D,4D,5D,6D,7D,8D,9D,10D,11D,12D,13D,14D,15D,16D,17D,18D,19D,20D,21D,22D,23D,24D,25D,26D,27D,28D,29D,30D. The van der Waals surface area contributed by atoms with E-state index < -0.39 is 237 Å². The molecule has 0 N–H and O–H groups in total. The summed E-state index contributed by atoms with van der Waals surface area (Å²) in [4.78, 5) is 0. The molecule has 0 unspecified atom stereocenters. The number of hydrogen-bond donors (Lipinski definition) is 0. The molecule has 256 valence electrons. The number of hydrogen-bond acceptors (Lipinski definition) is 1. The van der Waals surface area contributed by atoms with E-state index >= 15 is 0 Å². The maximum atomic E-state index is 9.60. The van der Waals surface area contributed by atoms with Crippen molar-refractivity contribution in [3.05, 3.63) is 203 Å². The molecule has 0 atom stereocenters. The van der Waals surface area contributed by atoms with E-state index in [4.69, 9.17) is 26.3 Å². The lowest BCUT2D eigenvalue weighted by Crippen LogP contribution is -2.14. The molecule has 0 spiro atoms. The van der Waals surface area contributed by atoms with Crippen molar-refractivity contribution in [2.75, 3.05) is 0 Å². The number of rotatable bonds is 5. The van der Waals surface area contributed by atoms with Crippen LogP contribution in [0.1, 0.15) is 85.6 Å². The van der Waals surface area contributed by atoms with Crippen LogP contribution in [0, 0.1) is 0 Å². The molecule has 1 aromatic heterocycles. The number of fused-ring (bicyclic) bond motifs is 10. The van der Waals surface area contributed by atoms with Crippen LogP contribution in [0.5, 0.6) is 0 Å². The molecule has 1 aliphatic carbocycles. The van der Waals surface area contributed by atoms with Gasteiger partial charge in [-0.25, -0.2) is 0 Å². The number of benzene rings is 9. The van der Waals surface area contributed by atoms with Crippen molar-refractivity contribution in [2.24, 2.45) is 0 Å². The second-order valence-electron chi connectivity index (χ2n) is 13.4. The van der Waals surface area contributed by atoms with Crippen LogP contribution in [0.25, 0.3) is 76.5 Å². The van der Waals surface area contributed by atoms with Gasteiger partial charge in [0.15, 0.2) is 0 Å². The van der Waals surface area contributed by atoms with Gasteiger partial charge in [0.2, 0.25) is 0 Å². The molecule has 0 radical (unpaired) electrons. The first-order chi connectivity index (χ1) is 38.2. The smallest absolute Gasteiger partial charge is 0.143 e. The monoisotopic (exact) mass is 718 g/mol. The van der Waals surface area contributed by atoms with Crippen molar-refractivity contribution in [1.29, 1.82) is 0 Å². The minimum absolute atomic E-state index is 0.0423. The third kappa shape index (κ3) is 4.58. The Bertz CT molecular complexity index is 4640. The van der Waals surface area contributed by atoms with Gasteiger partial charge < -0.3 is 4.42 Å². The van der Waals surface area contributed by atoms with Crippen LogP contribution in [0.15, 0.2) is 174 Å². The van der Waals surface area contributed by atoms with Crippen LogP contribution in [0.2, 0.25) is 0 Å². The first-order valence-electron chi connectivity index (χ1n) is 30.8. The van der Waals surface area contributed by atoms with Crippen molar-refractivity contribution in [3.63, 3.8) is 0 Å². The summed E-state index contributed by atoms with van der Waals surface area (Å²) in [6.45, 7) is 3.07. The van der Waals surface area contributed by atoms with Crippen molar-refractivity contribution in [2.45, 2.75) is 32.1 Å². The Labute approximate surface area is 354 Å². The van der Waals surface area contributed by atoms with Gasteiger partial charge in [-0.3, -0.25) is 0 Å². The maximum absolute atomic E-state index is 9.60. The highest BCUT2D eigenvalue weighted by Crippen LogP contribution is 2.54. The zero-order valence-corrected chi connectivity index (χ0v) is 28.3. The minimum Gasteiger partial charge on any atom is -0.455 e. The molecule has 0 saturated carbocycles. The van der Waals surface area contributed by atoms with E-state index in [-0.39, 0.29) is 60.5 Å². The van der Waals surface area contributed by atoms with E-state index in [9.17, 15) is 16.4 Å². The molecule has 0 saturated heterocycles. The van der Waals surface area contributed by atoms with Crippen molar-refractivity contribution in [3.8, 4) is 22.3 Å². The van der Waals surface area contributed by atoms with Gasteiger partial charge in [-0.2, -0.15) is 0 Å². The molecule has 0 aliphatic heterocycles. The lowest BCUT2D eigenvalue weighted by molar-refractivity contribution is 0.660. The quantitative estimate of drug-likeness (QED) is 0.162. The normalized spacial score (nSPS) is 20.6. The molecule has 11 rings (SSSR count). The van der Waals surface area contributed by atoms with E-state index in [1.54, 1.807) is 0 Å². The van der Waals surface area contributed by atoms with Gasteiger partial charge in [0.1, 0.15) is 11.2 Å². The molecule has 1 heterocycles. The Morgan fingerprint density at radius 1 is 0.463 bits per heavy atom. The largest absolute Gasteiger partial charge is 0.455 e. The summed E-state index contributed by atoms with van der Waals surface area (Å²) < 4.78 is 260. The predicted molar refractivity (Wildman–Crippen MR) is 228 cm³/mol. The van der Waals surface area contributed by atoms with E-state index in [2.05, 4.69) is 0 Å². The summed E-state index contributed by atoms with van der Waals surface area (Å²) in [6.07, 6.45) is -1.61. The van der Waals surface area contributed by atoms with Gasteiger partial charge in [0.05, 0.1) is 38.4 Å². The molecule has 1 heteroatoms. The summed E-state index contributed by atoms with van der Waals surface area (Å²) in [5, 5.41) is -3.31. The average Bonchev–Trinajstić information content (AvgIpc) is 2.07. The molecule has 54 heavy (non-hydrogen) atoms. The van der Waals surface area contributed by atoms with Crippen LogP contribution in [-0.2, 0) is 18.3 Å². The van der Waals surface area contributed by atoms with Gasteiger partial charge >= 0.3 is 0 Å². The fourth-order valence-corrected chi connectivity index (χ4v) is 7.59. The molecular weight excluding hydrogens is 653 g/mol. The summed E-state index contributed by atoms with van der Waals surface area (Å²) >= 11 is 0. The predicted octanol–water partition coefficient (Wildman–Crippen LogP) is 14.2. The Balaban J connectivity index is 1.23. The van der Waals surface area contributed by atoms with Gasteiger partial charge in [0, 0.05) is 21.6 Å². The van der Waals surface area contributed by atoms with Crippen LogP contribution in [-0.4, -0.2) is 0 Å². The third-order valence-electron chi connectivity index (χ3n) is 10.1. The lowest BCUT2D eigenvalue weighted by Gasteiger charge is -2.22. The van der Waals surface area contributed by atoms with Crippen LogP contribution < -0.4 is 0 Å². The molecular formula is C53H38O. The molecule has 1 nitrogen and oxygen atoms in total. The SMILES string of the molecule is [2H]c1c([2H])c([2H])c2c(c1[2H])-c1c(-c3c4c([2H])c([2H])c([2H])c([2H])c4c(Cc4c([2H])c([2H])c(Cc5c([2H])c([2H])c([2H])c6oc7c8c([2H])c([2H])c([2H])c([2H])c8c([2H])c([2H])c7c56)c([2H])c4[2H])c4c([2H])c([2H])c([2H])c([2H])c34)c([2H])c([2H])c([2H])c1C2(C)C. The highest BCUT2D eigenvalue weighted by Gasteiger charge is 2.37. The highest BCUT2D eigenvalue weighted by molar-refractivity contribution is 6.18. The number of furan rings is 1. The Hall–Kier alpha value is -6.44. The fraction of sp³-hybridized carbons (Fsp3) is 0.0943. The summed E-state index contributed by atoms with van der Waals surface area (Å²) in [5.41, 5.74) is -5.46. The first kappa shape index (κ1) is 14.1. The summed E-state index contributed by atoms with van der Waals surface area (Å²) in [6, 6.07) is -20.9. The van der Waals surface area contributed by atoms with E-state index in [0.29, 0.717) is 0 Å². The molecule has 10 aromatic rings. The summed E-state index contributed by atoms with van der Waals surface area (Å²) in [5.74, 6) is 0. The van der Waals surface area contributed by atoms with E-state index in [1.807, 2.05) is 0 Å². The van der Waals surface area contributed by atoms with Crippen LogP contribution in [0.4, 0.5) is 0 Å². The Morgan fingerprint density at radius 3 is 1.81 bits per heavy atom. The van der Waals surface area contributed by atoms with Crippen molar-refractivity contribution < 1.29 is 42.8 Å². The van der Waals surface area contributed by atoms with Crippen LogP contribution >= 0.6 is 0 Å². The van der Waals surface area contributed by atoms with Crippen molar-refractivity contribution in [1.82, 2.24) is 0 Å². The Kier molecular flexibility index (Phi) is 3.07. The zero-order chi connectivity index (χ0) is 60.3. The van der Waals surface area contributed by atoms with Gasteiger partial charge in [-0.1, -0.05) is 171 Å². The Morgan fingerprint density at radius 2 is 1.06 bits per heavy atom. The van der Waals surface area contributed by atoms with Crippen molar-refractivity contribution >= 4 is 54.3 Å². The lowest BCUT2D eigenvalue weighted by atomic mass is 9.81. The van der Waals surface area contributed by atoms with Crippen LogP contribution in [0.3, 0.4) is 0 Å². The fourth-order valence-electron chi connectivity index (χ4n) is 7.59.